The van der Waals surface area contributed by atoms with E-state index in [-0.39, 0.29) is 34.2 Å². The molecule has 0 radical (unpaired) electrons. The minimum atomic E-state index is -0.701. The van der Waals surface area contributed by atoms with Gasteiger partial charge in [-0.1, -0.05) is 25.4 Å². The fourth-order valence-corrected chi connectivity index (χ4v) is 3.89. The lowest BCUT2D eigenvalue weighted by Crippen LogP contribution is -2.57. The molecule has 33 heavy (non-hydrogen) atoms. The highest BCUT2D eigenvalue weighted by atomic mass is 35.5. The maximum absolute atomic E-state index is 13.3. The van der Waals surface area contributed by atoms with Crippen LogP contribution in [-0.4, -0.2) is 66.9 Å². The summed E-state index contributed by atoms with van der Waals surface area (Å²) in [6.45, 7) is 5.02. The number of ether oxygens (including phenoxy) is 1. The van der Waals surface area contributed by atoms with E-state index in [1.54, 1.807) is 41.2 Å². The van der Waals surface area contributed by atoms with Crippen molar-refractivity contribution in [1.82, 2.24) is 15.1 Å². The highest BCUT2D eigenvalue weighted by Crippen LogP contribution is 2.20. The molecule has 1 fully saturated rings. The van der Waals surface area contributed by atoms with Crippen LogP contribution in [0.5, 0.6) is 5.75 Å². The lowest BCUT2D eigenvalue weighted by Gasteiger charge is -2.37. The molecule has 176 valence electrons. The number of halogens is 2. The van der Waals surface area contributed by atoms with Crippen molar-refractivity contribution in [3.63, 3.8) is 0 Å². The fraction of sp³-hybridized carbons (Fsp3) is 0.375. The van der Waals surface area contributed by atoms with Gasteiger partial charge in [0.15, 0.2) is 0 Å². The Balaban J connectivity index is 1.62. The van der Waals surface area contributed by atoms with Crippen molar-refractivity contribution in [2.24, 2.45) is 5.92 Å². The second-order valence-electron chi connectivity index (χ2n) is 8.17. The topological polar surface area (TPSA) is 79.0 Å². The van der Waals surface area contributed by atoms with E-state index < -0.39 is 11.9 Å². The Hall–Kier alpha value is -3.13. The largest absolute Gasteiger partial charge is 0.497 e. The molecule has 1 unspecified atom stereocenters. The summed E-state index contributed by atoms with van der Waals surface area (Å²) in [5.74, 6) is -0.846. The maximum Gasteiger partial charge on any atom is 0.255 e. The first kappa shape index (κ1) is 24.5. The van der Waals surface area contributed by atoms with Gasteiger partial charge in [-0.05, 0) is 48.4 Å². The molecule has 1 aliphatic heterocycles. The van der Waals surface area contributed by atoms with Gasteiger partial charge in [0.2, 0.25) is 5.91 Å². The Bertz CT molecular complexity index is 1020. The molecule has 7 nitrogen and oxygen atoms in total. The van der Waals surface area contributed by atoms with Gasteiger partial charge < -0.3 is 19.9 Å². The van der Waals surface area contributed by atoms with Gasteiger partial charge in [0.05, 0.1) is 17.7 Å². The number of rotatable bonds is 6. The zero-order chi connectivity index (χ0) is 24.1. The smallest absolute Gasteiger partial charge is 0.255 e. The second kappa shape index (κ2) is 10.7. The van der Waals surface area contributed by atoms with Gasteiger partial charge in [-0.2, -0.15) is 0 Å². The number of benzene rings is 2. The summed E-state index contributed by atoms with van der Waals surface area (Å²) in [4.78, 5) is 41.8. The molecule has 0 aromatic heterocycles. The zero-order valence-corrected chi connectivity index (χ0v) is 19.6. The standard InChI is InChI=1S/C24H27ClFN3O4/c1-15(2)21(27-22(30)16-4-7-18(33-3)8-5-16)24(32)29-12-10-28(11-13-29)23(31)19-9-6-17(26)14-20(19)25/h4-9,14-15,21H,10-13H2,1-3H3,(H,27,30). The van der Waals surface area contributed by atoms with Crippen molar-refractivity contribution in [3.8, 4) is 5.75 Å². The van der Waals surface area contributed by atoms with E-state index in [0.29, 0.717) is 37.5 Å². The summed E-state index contributed by atoms with van der Waals surface area (Å²) < 4.78 is 18.4. The lowest BCUT2D eigenvalue weighted by atomic mass is 10.0. The van der Waals surface area contributed by atoms with Crippen LogP contribution in [0.2, 0.25) is 5.02 Å². The zero-order valence-electron chi connectivity index (χ0n) is 18.8. The number of piperazine rings is 1. The van der Waals surface area contributed by atoms with Gasteiger partial charge in [0.25, 0.3) is 11.8 Å². The van der Waals surface area contributed by atoms with Crippen LogP contribution in [0.3, 0.4) is 0 Å². The second-order valence-corrected chi connectivity index (χ2v) is 8.57. The van der Waals surface area contributed by atoms with Gasteiger partial charge >= 0.3 is 0 Å². The molecule has 1 atom stereocenters. The van der Waals surface area contributed by atoms with Crippen LogP contribution >= 0.6 is 11.6 Å². The number of amides is 3. The average molecular weight is 476 g/mol. The van der Waals surface area contributed by atoms with Crippen LogP contribution in [-0.2, 0) is 4.79 Å². The van der Waals surface area contributed by atoms with Crippen LogP contribution in [0.1, 0.15) is 34.6 Å². The van der Waals surface area contributed by atoms with Crippen LogP contribution in [0.25, 0.3) is 0 Å². The van der Waals surface area contributed by atoms with Gasteiger partial charge in [-0.25, -0.2) is 4.39 Å². The monoisotopic (exact) mass is 475 g/mol. The quantitative estimate of drug-likeness (QED) is 0.695. The first-order valence-corrected chi connectivity index (χ1v) is 11.1. The molecular weight excluding hydrogens is 449 g/mol. The number of nitrogens with zero attached hydrogens (tertiary/aromatic N) is 2. The summed E-state index contributed by atoms with van der Waals surface area (Å²) in [5.41, 5.74) is 0.658. The van der Waals surface area contributed by atoms with Crippen molar-refractivity contribution in [1.29, 1.82) is 0 Å². The first-order chi connectivity index (χ1) is 15.7. The molecule has 0 bridgehead atoms. The van der Waals surface area contributed by atoms with E-state index >= 15 is 0 Å². The molecule has 2 aromatic carbocycles. The fourth-order valence-electron chi connectivity index (χ4n) is 3.64. The number of methoxy groups -OCH3 is 1. The third kappa shape index (κ3) is 5.82. The molecular formula is C24H27ClFN3O4. The maximum atomic E-state index is 13.3. The summed E-state index contributed by atoms with van der Waals surface area (Å²) in [6.07, 6.45) is 0. The molecule has 0 aliphatic carbocycles. The molecule has 1 heterocycles. The SMILES string of the molecule is COc1ccc(C(=O)NC(C(=O)N2CCN(C(=O)c3ccc(F)cc3Cl)CC2)C(C)C)cc1. The average Bonchev–Trinajstić information content (AvgIpc) is 2.81. The van der Waals surface area contributed by atoms with E-state index in [4.69, 9.17) is 16.3 Å². The molecule has 3 rings (SSSR count). The van der Waals surface area contributed by atoms with Crippen molar-refractivity contribution in [2.45, 2.75) is 19.9 Å². The minimum absolute atomic E-state index is 0.0552. The number of hydrogen-bond donors (Lipinski definition) is 1. The molecule has 3 amide bonds. The Morgan fingerprint density at radius 3 is 2.15 bits per heavy atom. The Labute approximate surface area is 197 Å². The highest BCUT2D eigenvalue weighted by Gasteiger charge is 2.32. The molecule has 2 aromatic rings. The minimum Gasteiger partial charge on any atom is -0.497 e. The lowest BCUT2D eigenvalue weighted by molar-refractivity contribution is -0.135. The van der Waals surface area contributed by atoms with Gasteiger partial charge in [-0.15, -0.1) is 0 Å². The van der Waals surface area contributed by atoms with Crippen LogP contribution in [0, 0.1) is 11.7 Å². The van der Waals surface area contributed by atoms with Crippen molar-refractivity contribution >= 4 is 29.3 Å². The predicted octanol–water partition coefficient (Wildman–Crippen LogP) is 3.23. The van der Waals surface area contributed by atoms with Crippen molar-refractivity contribution < 1.29 is 23.5 Å². The predicted molar refractivity (Wildman–Crippen MR) is 123 cm³/mol. The molecule has 0 saturated carbocycles. The Morgan fingerprint density at radius 2 is 1.61 bits per heavy atom. The Morgan fingerprint density at radius 1 is 1.00 bits per heavy atom. The van der Waals surface area contributed by atoms with E-state index in [2.05, 4.69) is 5.32 Å². The van der Waals surface area contributed by atoms with E-state index in [1.807, 2.05) is 13.8 Å². The van der Waals surface area contributed by atoms with Gasteiger partial charge in [0, 0.05) is 31.7 Å². The third-order valence-corrected chi connectivity index (χ3v) is 5.92. The van der Waals surface area contributed by atoms with Gasteiger partial charge in [-0.3, -0.25) is 14.4 Å². The number of nitrogens with one attached hydrogen (secondary N) is 1. The molecule has 1 saturated heterocycles. The first-order valence-electron chi connectivity index (χ1n) is 10.7. The van der Waals surface area contributed by atoms with E-state index in [9.17, 15) is 18.8 Å². The Kier molecular flexibility index (Phi) is 7.92. The molecule has 1 N–H and O–H groups in total. The van der Waals surface area contributed by atoms with Crippen LogP contribution in [0.4, 0.5) is 4.39 Å². The molecule has 1 aliphatic rings. The van der Waals surface area contributed by atoms with Gasteiger partial charge in [0.1, 0.15) is 17.6 Å². The summed E-state index contributed by atoms with van der Waals surface area (Å²) in [7, 11) is 1.55. The highest BCUT2D eigenvalue weighted by molar-refractivity contribution is 6.33. The van der Waals surface area contributed by atoms with Crippen molar-refractivity contribution in [2.75, 3.05) is 33.3 Å². The summed E-state index contributed by atoms with van der Waals surface area (Å²) in [6, 6.07) is 9.61. The third-order valence-electron chi connectivity index (χ3n) is 5.61. The van der Waals surface area contributed by atoms with Crippen molar-refractivity contribution in [3.05, 3.63) is 64.4 Å². The number of carbonyl (C=O) groups is 3. The number of carbonyl (C=O) groups excluding carboxylic acids is 3. The molecule has 9 heteroatoms. The van der Waals surface area contributed by atoms with E-state index in [1.165, 1.54) is 12.1 Å². The van der Waals surface area contributed by atoms with Crippen LogP contribution < -0.4 is 10.1 Å². The van der Waals surface area contributed by atoms with E-state index in [0.717, 1.165) is 6.07 Å². The summed E-state index contributed by atoms with van der Waals surface area (Å²) in [5, 5.41) is 2.89. The molecule has 0 spiro atoms. The number of hydrogen-bond acceptors (Lipinski definition) is 4. The van der Waals surface area contributed by atoms with Crippen LogP contribution in [0.15, 0.2) is 42.5 Å². The normalized spacial score (nSPS) is 14.7. The summed E-state index contributed by atoms with van der Waals surface area (Å²) >= 11 is 6.02.